The zero-order valence-corrected chi connectivity index (χ0v) is 17.4. The molecule has 33 heavy (non-hydrogen) atoms. The quantitative estimate of drug-likeness (QED) is 0.672. The highest BCUT2D eigenvalue weighted by atomic mass is 19.3. The molecule has 0 aromatic heterocycles. The monoisotopic (exact) mass is 459 g/mol. The third-order valence-electron chi connectivity index (χ3n) is 5.77. The molecule has 0 aliphatic carbocycles. The molecular formula is C23H20F3N3O4. The van der Waals surface area contributed by atoms with Crippen LogP contribution in [0.2, 0.25) is 0 Å². The van der Waals surface area contributed by atoms with Crippen molar-refractivity contribution in [2.45, 2.75) is 44.3 Å². The number of hydrogen-bond acceptors (Lipinski definition) is 4. The first-order valence-electron chi connectivity index (χ1n) is 10.4. The van der Waals surface area contributed by atoms with Gasteiger partial charge < -0.3 is 10.2 Å². The molecule has 172 valence electrons. The summed E-state index contributed by atoms with van der Waals surface area (Å²) < 4.78 is 41.7. The molecule has 2 heterocycles. The summed E-state index contributed by atoms with van der Waals surface area (Å²) in [4.78, 5) is 50.1. The van der Waals surface area contributed by atoms with Crippen LogP contribution in [0.25, 0.3) is 0 Å². The molecule has 0 spiro atoms. The van der Waals surface area contributed by atoms with Crippen LogP contribution in [0.1, 0.15) is 46.3 Å². The smallest absolute Gasteiger partial charge is 0.346 e. The molecule has 2 aliphatic heterocycles. The molecule has 7 nitrogen and oxygen atoms in total. The van der Waals surface area contributed by atoms with Gasteiger partial charge in [-0.1, -0.05) is 12.1 Å². The molecule has 4 amide bonds. The lowest BCUT2D eigenvalue weighted by atomic mass is 10.1. The molecule has 2 aliphatic rings. The van der Waals surface area contributed by atoms with Crippen molar-refractivity contribution < 1.29 is 32.3 Å². The largest absolute Gasteiger partial charge is 0.349 e. The van der Waals surface area contributed by atoms with E-state index in [1.165, 1.54) is 17.0 Å². The summed E-state index contributed by atoms with van der Waals surface area (Å²) in [5.41, 5.74) is 0.842. The van der Waals surface area contributed by atoms with Gasteiger partial charge in [0.1, 0.15) is 11.9 Å². The van der Waals surface area contributed by atoms with Crippen LogP contribution in [-0.2, 0) is 33.4 Å². The Labute approximate surface area is 186 Å². The highest BCUT2D eigenvalue weighted by molar-refractivity contribution is 6.04. The average molecular weight is 459 g/mol. The standard InChI is InChI=1S/C23H20F3N3O4/c24-16-7-5-15(6-8-16)23(25,26)22(33)27-11-13-4-9-17-14(10-13)12-29(21(17)32)18-2-1-3-19(30)28-20(18)31/h4-10,18H,1-3,11-12H2,(H,27,33)(H,28,30,31). The third-order valence-corrected chi connectivity index (χ3v) is 5.77. The van der Waals surface area contributed by atoms with Crippen molar-refractivity contribution in [1.82, 2.24) is 15.5 Å². The van der Waals surface area contributed by atoms with Crippen LogP contribution in [0.3, 0.4) is 0 Å². The van der Waals surface area contributed by atoms with E-state index in [4.69, 9.17) is 0 Å². The summed E-state index contributed by atoms with van der Waals surface area (Å²) in [6.07, 6.45) is 1.05. The Morgan fingerprint density at radius 3 is 2.58 bits per heavy atom. The van der Waals surface area contributed by atoms with Gasteiger partial charge in [-0.25, -0.2) is 4.39 Å². The fraction of sp³-hybridized carbons (Fsp3) is 0.304. The Hall–Kier alpha value is -3.69. The molecule has 1 unspecified atom stereocenters. The Morgan fingerprint density at radius 1 is 1.12 bits per heavy atom. The molecule has 2 aromatic carbocycles. The first kappa shape index (κ1) is 22.5. The van der Waals surface area contributed by atoms with Crippen LogP contribution in [0.5, 0.6) is 0 Å². The van der Waals surface area contributed by atoms with Crippen LogP contribution < -0.4 is 10.6 Å². The van der Waals surface area contributed by atoms with Crippen molar-refractivity contribution in [3.8, 4) is 0 Å². The van der Waals surface area contributed by atoms with Gasteiger partial charge in [0.25, 0.3) is 11.8 Å². The number of halogens is 3. The number of imide groups is 1. The molecule has 0 bridgehead atoms. The molecule has 2 aromatic rings. The summed E-state index contributed by atoms with van der Waals surface area (Å²) in [5.74, 6) is -7.31. The van der Waals surface area contributed by atoms with Gasteiger partial charge in [0.05, 0.1) is 0 Å². The minimum absolute atomic E-state index is 0.133. The fourth-order valence-electron chi connectivity index (χ4n) is 4.01. The number of nitrogens with zero attached hydrogens (tertiary/aromatic N) is 1. The summed E-state index contributed by atoms with van der Waals surface area (Å²) >= 11 is 0. The van der Waals surface area contributed by atoms with Crippen LogP contribution in [-0.4, -0.2) is 34.6 Å². The third kappa shape index (κ3) is 4.46. The number of hydrogen-bond donors (Lipinski definition) is 2. The summed E-state index contributed by atoms with van der Waals surface area (Å²) in [6, 6.07) is 7.31. The van der Waals surface area contributed by atoms with Crippen LogP contribution in [0.4, 0.5) is 13.2 Å². The maximum absolute atomic E-state index is 14.4. The van der Waals surface area contributed by atoms with E-state index in [0.717, 1.165) is 24.3 Å². The maximum atomic E-state index is 14.4. The summed E-state index contributed by atoms with van der Waals surface area (Å²) in [7, 11) is 0. The summed E-state index contributed by atoms with van der Waals surface area (Å²) in [5, 5.41) is 4.45. The number of carbonyl (C=O) groups is 4. The van der Waals surface area contributed by atoms with Gasteiger partial charge >= 0.3 is 5.92 Å². The highest BCUT2D eigenvalue weighted by Gasteiger charge is 2.41. The average Bonchev–Trinajstić information content (AvgIpc) is 2.99. The number of carbonyl (C=O) groups excluding carboxylic acids is 4. The van der Waals surface area contributed by atoms with Gasteiger partial charge in [-0.2, -0.15) is 8.78 Å². The lowest BCUT2D eigenvalue weighted by Gasteiger charge is -2.24. The second-order valence-corrected chi connectivity index (χ2v) is 8.01. The van der Waals surface area contributed by atoms with E-state index in [-0.39, 0.29) is 31.3 Å². The van der Waals surface area contributed by atoms with Gasteiger partial charge in [-0.15, -0.1) is 0 Å². The Morgan fingerprint density at radius 2 is 1.85 bits per heavy atom. The zero-order chi connectivity index (χ0) is 23.8. The molecule has 0 radical (unpaired) electrons. The highest BCUT2D eigenvalue weighted by Crippen LogP contribution is 2.30. The fourth-order valence-corrected chi connectivity index (χ4v) is 4.01. The SMILES string of the molecule is O=C1CCCC(N2Cc3cc(CNC(=O)C(F)(F)c4ccc(F)cc4)ccc3C2=O)C(=O)N1. The van der Waals surface area contributed by atoms with E-state index in [0.29, 0.717) is 29.5 Å². The normalized spacial score (nSPS) is 18.6. The lowest BCUT2D eigenvalue weighted by molar-refractivity contribution is -0.147. The van der Waals surface area contributed by atoms with E-state index in [9.17, 15) is 32.3 Å². The molecule has 1 atom stereocenters. The van der Waals surface area contributed by atoms with E-state index in [1.807, 2.05) is 0 Å². The van der Waals surface area contributed by atoms with Crippen molar-refractivity contribution in [3.63, 3.8) is 0 Å². The van der Waals surface area contributed by atoms with Gasteiger partial charge in [-0.05, 0) is 54.3 Å². The number of nitrogens with one attached hydrogen (secondary N) is 2. The Kier molecular flexibility index (Phi) is 5.92. The Bertz CT molecular complexity index is 1130. The molecule has 1 saturated heterocycles. The number of fused-ring (bicyclic) bond motifs is 1. The molecule has 2 N–H and O–H groups in total. The molecule has 10 heteroatoms. The van der Waals surface area contributed by atoms with E-state index >= 15 is 0 Å². The van der Waals surface area contributed by atoms with Crippen LogP contribution in [0, 0.1) is 5.82 Å². The number of alkyl halides is 2. The number of benzene rings is 2. The molecule has 1 fully saturated rings. The topological polar surface area (TPSA) is 95.6 Å². The van der Waals surface area contributed by atoms with E-state index < -0.39 is 35.2 Å². The van der Waals surface area contributed by atoms with Crippen LogP contribution >= 0.6 is 0 Å². The van der Waals surface area contributed by atoms with Gasteiger partial charge in [-0.3, -0.25) is 24.5 Å². The first-order chi connectivity index (χ1) is 15.7. The Balaban J connectivity index is 1.44. The first-order valence-corrected chi connectivity index (χ1v) is 10.4. The van der Waals surface area contributed by atoms with Gasteiger partial charge in [0.15, 0.2) is 0 Å². The zero-order valence-electron chi connectivity index (χ0n) is 17.4. The predicted octanol–water partition coefficient (Wildman–Crippen LogP) is 2.39. The van der Waals surface area contributed by atoms with Gasteiger partial charge in [0.2, 0.25) is 11.8 Å². The van der Waals surface area contributed by atoms with Crippen LogP contribution in [0.15, 0.2) is 42.5 Å². The summed E-state index contributed by atoms with van der Waals surface area (Å²) in [6.45, 7) is -0.0799. The van der Waals surface area contributed by atoms with Crippen molar-refractivity contribution in [1.29, 1.82) is 0 Å². The van der Waals surface area contributed by atoms with E-state index in [1.54, 1.807) is 6.07 Å². The van der Waals surface area contributed by atoms with Crippen molar-refractivity contribution in [2.75, 3.05) is 0 Å². The second-order valence-electron chi connectivity index (χ2n) is 8.01. The molecule has 0 saturated carbocycles. The molecule has 4 rings (SSSR count). The molecular weight excluding hydrogens is 439 g/mol. The van der Waals surface area contributed by atoms with Crippen molar-refractivity contribution in [3.05, 3.63) is 70.5 Å². The van der Waals surface area contributed by atoms with E-state index in [2.05, 4.69) is 10.6 Å². The predicted molar refractivity (Wildman–Crippen MR) is 109 cm³/mol. The van der Waals surface area contributed by atoms with Crippen molar-refractivity contribution >= 4 is 23.6 Å². The minimum atomic E-state index is -3.85. The number of rotatable bonds is 5. The maximum Gasteiger partial charge on any atom is 0.349 e. The second kappa shape index (κ2) is 8.68. The number of amides is 4. The minimum Gasteiger partial charge on any atom is -0.346 e. The van der Waals surface area contributed by atoms with Crippen molar-refractivity contribution in [2.24, 2.45) is 0 Å². The lowest BCUT2D eigenvalue weighted by Crippen LogP contribution is -2.46. The van der Waals surface area contributed by atoms with Gasteiger partial charge in [0, 0.05) is 30.6 Å².